The highest BCUT2D eigenvalue weighted by atomic mass is 16.5. The maximum absolute atomic E-state index is 12.8. The number of carbonyl (C=O) groups excluding carboxylic acids is 3. The van der Waals surface area contributed by atoms with Crippen molar-refractivity contribution >= 4 is 23.4 Å². The van der Waals surface area contributed by atoms with Gasteiger partial charge in [0.05, 0.1) is 18.8 Å². The van der Waals surface area contributed by atoms with Gasteiger partial charge in [-0.2, -0.15) is 0 Å². The van der Waals surface area contributed by atoms with Crippen molar-refractivity contribution in [3.8, 4) is 5.75 Å². The van der Waals surface area contributed by atoms with Crippen molar-refractivity contribution in [2.24, 2.45) is 0 Å². The summed E-state index contributed by atoms with van der Waals surface area (Å²) >= 11 is 0. The Morgan fingerprint density at radius 3 is 2.16 bits per heavy atom. The fourth-order valence-corrected chi connectivity index (χ4v) is 4.43. The Hall–Kier alpha value is -3.19. The van der Waals surface area contributed by atoms with E-state index in [1.807, 2.05) is 12.1 Å². The number of anilines is 1. The summed E-state index contributed by atoms with van der Waals surface area (Å²) in [6.07, 6.45) is 4.05. The fraction of sp³-hybridized carbons (Fsp3) is 0.400. The normalized spacial score (nSPS) is 18.0. The average Bonchev–Trinajstić information content (AvgIpc) is 3.18. The number of hydrogen-bond donors (Lipinski definition) is 1. The number of amides is 3. The van der Waals surface area contributed by atoms with E-state index in [-0.39, 0.29) is 36.6 Å². The molecule has 2 aromatic carbocycles. The number of benzene rings is 2. The van der Waals surface area contributed by atoms with Crippen LogP contribution in [0.4, 0.5) is 5.69 Å². The lowest BCUT2D eigenvalue weighted by atomic mass is 10.0. The average molecular weight is 436 g/mol. The molecule has 2 fully saturated rings. The summed E-state index contributed by atoms with van der Waals surface area (Å²) in [7, 11) is 1.65. The largest absolute Gasteiger partial charge is 0.497 e. The molecule has 3 amide bonds. The molecule has 1 N–H and O–H groups in total. The minimum Gasteiger partial charge on any atom is -0.497 e. The van der Waals surface area contributed by atoms with Gasteiger partial charge in [-0.3, -0.25) is 24.2 Å². The highest BCUT2D eigenvalue weighted by molar-refractivity contribution is 6.19. The summed E-state index contributed by atoms with van der Waals surface area (Å²) in [4.78, 5) is 40.3. The topological polar surface area (TPSA) is 79.0 Å². The Balaban J connectivity index is 1.44. The first-order valence-corrected chi connectivity index (χ1v) is 11.2. The molecule has 1 atom stereocenters. The molecule has 7 nitrogen and oxygen atoms in total. The molecule has 2 saturated heterocycles. The van der Waals surface area contributed by atoms with Gasteiger partial charge in [0.1, 0.15) is 5.75 Å². The maximum Gasteiger partial charge on any atom is 0.251 e. The Kier molecular flexibility index (Phi) is 6.85. The van der Waals surface area contributed by atoms with Crippen molar-refractivity contribution in [1.29, 1.82) is 0 Å². The lowest BCUT2D eigenvalue weighted by Gasteiger charge is -2.35. The molecule has 32 heavy (non-hydrogen) atoms. The summed E-state index contributed by atoms with van der Waals surface area (Å²) in [6.45, 7) is 2.52. The van der Waals surface area contributed by atoms with Crippen molar-refractivity contribution in [3.05, 3.63) is 59.7 Å². The third-order valence-corrected chi connectivity index (χ3v) is 6.23. The molecule has 0 unspecified atom stereocenters. The predicted octanol–water partition coefficient (Wildman–Crippen LogP) is 3.31. The van der Waals surface area contributed by atoms with Gasteiger partial charge in [-0.15, -0.1) is 0 Å². The second kappa shape index (κ2) is 9.96. The zero-order valence-electron chi connectivity index (χ0n) is 18.4. The third-order valence-electron chi connectivity index (χ3n) is 6.23. The van der Waals surface area contributed by atoms with Crippen molar-refractivity contribution in [3.63, 3.8) is 0 Å². The fourth-order valence-electron chi connectivity index (χ4n) is 4.43. The predicted molar refractivity (Wildman–Crippen MR) is 122 cm³/mol. The highest BCUT2D eigenvalue weighted by Crippen LogP contribution is 2.26. The molecule has 0 aliphatic carbocycles. The van der Waals surface area contributed by atoms with Crippen LogP contribution in [0.15, 0.2) is 48.5 Å². The Morgan fingerprint density at radius 1 is 0.938 bits per heavy atom. The smallest absolute Gasteiger partial charge is 0.251 e. The Morgan fingerprint density at radius 2 is 1.56 bits per heavy atom. The number of imide groups is 1. The number of methoxy groups -OCH3 is 1. The summed E-state index contributed by atoms with van der Waals surface area (Å²) < 4.78 is 5.28. The molecule has 0 saturated carbocycles. The van der Waals surface area contributed by atoms with Crippen LogP contribution in [-0.2, 0) is 9.59 Å². The Labute approximate surface area is 188 Å². The van der Waals surface area contributed by atoms with E-state index in [9.17, 15) is 14.4 Å². The van der Waals surface area contributed by atoms with Crippen LogP contribution in [0.1, 0.15) is 54.1 Å². The maximum atomic E-state index is 12.8. The van der Waals surface area contributed by atoms with Crippen LogP contribution in [0, 0.1) is 0 Å². The first kappa shape index (κ1) is 22.0. The van der Waals surface area contributed by atoms with Gasteiger partial charge in [0.25, 0.3) is 5.91 Å². The van der Waals surface area contributed by atoms with E-state index < -0.39 is 0 Å². The zero-order valence-corrected chi connectivity index (χ0v) is 18.4. The summed E-state index contributed by atoms with van der Waals surface area (Å²) in [5, 5.41) is 3.07. The number of likely N-dealkylation sites (tertiary alicyclic amines) is 1. The number of nitrogens with zero attached hydrogens (tertiary/aromatic N) is 2. The molecule has 0 aromatic heterocycles. The molecule has 7 heteroatoms. The van der Waals surface area contributed by atoms with Gasteiger partial charge in [0.2, 0.25) is 11.8 Å². The van der Waals surface area contributed by atoms with Gasteiger partial charge in [-0.1, -0.05) is 18.6 Å². The lowest BCUT2D eigenvalue weighted by Crippen LogP contribution is -2.40. The first-order valence-electron chi connectivity index (χ1n) is 11.2. The third kappa shape index (κ3) is 4.83. The highest BCUT2D eigenvalue weighted by Gasteiger charge is 2.30. The second-order valence-electron chi connectivity index (χ2n) is 8.27. The van der Waals surface area contributed by atoms with Gasteiger partial charge < -0.3 is 10.1 Å². The zero-order chi connectivity index (χ0) is 22.5. The molecule has 2 aliphatic rings. The van der Waals surface area contributed by atoms with E-state index in [0.717, 1.165) is 37.2 Å². The minimum absolute atomic E-state index is 0.0873. The number of rotatable bonds is 7. The summed E-state index contributed by atoms with van der Waals surface area (Å²) in [6, 6.07) is 14.7. The Bertz CT molecular complexity index is 950. The standard InChI is InChI=1S/C25H29N3O4/c1-32-21-11-7-18(8-12-21)22(27-15-3-2-4-16-27)17-26-25(31)19-5-9-20(10-6-19)28-23(29)13-14-24(28)30/h5-12,22H,2-4,13-17H2,1H3,(H,26,31)/t22-/m0/s1. The van der Waals surface area contributed by atoms with E-state index in [2.05, 4.69) is 22.3 Å². The van der Waals surface area contributed by atoms with E-state index in [1.54, 1.807) is 31.4 Å². The van der Waals surface area contributed by atoms with Gasteiger partial charge in [-0.25, -0.2) is 0 Å². The van der Waals surface area contributed by atoms with Gasteiger partial charge in [0.15, 0.2) is 0 Å². The molecular weight excluding hydrogens is 406 g/mol. The molecule has 2 heterocycles. The van der Waals surface area contributed by atoms with Crippen LogP contribution in [0.5, 0.6) is 5.75 Å². The van der Waals surface area contributed by atoms with Crippen molar-refractivity contribution in [2.45, 2.75) is 38.1 Å². The molecular formula is C25H29N3O4. The summed E-state index contributed by atoms with van der Waals surface area (Å²) in [5.74, 6) is 0.239. The molecule has 0 spiro atoms. The lowest BCUT2D eigenvalue weighted by molar-refractivity contribution is -0.121. The van der Waals surface area contributed by atoms with Crippen LogP contribution >= 0.6 is 0 Å². The number of hydrogen-bond acceptors (Lipinski definition) is 5. The molecule has 2 aromatic rings. The van der Waals surface area contributed by atoms with Crippen LogP contribution in [0.2, 0.25) is 0 Å². The van der Waals surface area contributed by atoms with Gasteiger partial charge in [0, 0.05) is 24.9 Å². The summed E-state index contributed by atoms with van der Waals surface area (Å²) in [5.41, 5.74) is 2.16. The second-order valence-corrected chi connectivity index (χ2v) is 8.27. The van der Waals surface area contributed by atoms with Crippen LogP contribution < -0.4 is 15.0 Å². The molecule has 0 bridgehead atoms. The monoisotopic (exact) mass is 435 g/mol. The molecule has 2 aliphatic heterocycles. The van der Waals surface area contributed by atoms with Crippen LogP contribution in [0.3, 0.4) is 0 Å². The van der Waals surface area contributed by atoms with E-state index in [0.29, 0.717) is 17.8 Å². The van der Waals surface area contributed by atoms with Crippen molar-refractivity contribution in [2.75, 3.05) is 31.6 Å². The quantitative estimate of drug-likeness (QED) is 0.675. The van der Waals surface area contributed by atoms with Crippen LogP contribution in [0.25, 0.3) is 0 Å². The van der Waals surface area contributed by atoms with Gasteiger partial charge >= 0.3 is 0 Å². The minimum atomic E-state index is -0.198. The number of nitrogens with one attached hydrogen (secondary N) is 1. The van der Waals surface area contributed by atoms with E-state index in [4.69, 9.17) is 4.74 Å². The van der Waals surface area contributed by atoms with Crippen molar-refractivity contribution < 1.29 is 19.1 Å². The number of piperidine rings is 1. The van der Waals surface area contributed by atoms with E-state index >= 15 is 0 Å². The van der Waals surface area contributed by atoms with Crippen molar-refractivity contribution in [1.82, 2.24) is 10.2 Å². The van der Waals surface area contributed by atoms with Gasteiger partial charge in [-0.05, 0) is 67.9 Å². The molecule has 0 radical (unpaired) electrons. The molecule has 4 rings (SSSR count). The first-order chi connectivity index (χ1) is 15.6. The SMILES string of the molecule is COc1ccc([C@H](CNC(=O)c2ccc(N3C(=O)CCC3=O)cc2)N2CCCCC2)cc1. The van der Waals surface area contributed by atoms with Crippen LogP contribution in [-0.4, -0.2) is 49.4 Å². The number of carbonyl (C=O) groups is 3. The molecule has 168 valence electrons. The van der Waals surface area contributed by atoms with E-state index in [1.165, 1.54) is 11.3 Å². The number of ether oxygens (including phenoxy) is 1.